The van der Waals surface area contributed by atoms with Gasteiger partial charge in [-0.05, 0) is 96.0 Å². The van der Waals surface area contributed by atoms with Crippen LogP contribution in [0.4, 0.5) is 0 Å². The number of hydrogen-bond donors (Lipinski definition) is 0. The van der Waals surface area contributed by atoms with Crippen LogP contribution in [0.25, 0.3) is 43.8 Å². The van der Waals surface area contributed by atoms with Gasteiger partial charge in [0, 0.05) is 19.5 Å². The summed E-state index contributed by atoms with van der Waals surface area (Å²) in [7, 11) is 1.72. The molecule has 43 heavy (non-hydrogen) atoms. The number of fused-ring (bicyclic) bond motifs is 1. The predicted molar refractivity (Wildman–Crippen MR) is 195 cm³/mol. The summed E-state index contributed by atoms with van der Waals surface area (Å²) < 4.78 is 5.30. The predicted octanol–water partition coefficient (Wildman–Crippen LogP) is 13.8. The van der Waals surface area contributed by atoms with Crippen molar-refractivity contribution in [2.24, 2.45) is 0 Å². The molecule has 0 saturated heterocycles. The molecule has 0 spiro atoms. The molecule has 0 atom stereocenters. The summed E-state index contributed by atoms with van der Waals surface area (Å²) in [6, 6.07) is 18.8. The van der Waals surface area contributed by atoms with Crippen LogP contribution in [0.2, 0.25) is 0 Å². The van der Waals surface area contributed by atoms with Crippen molar-refractivity contribution in [3.05, 3.63) is 81.8 Å². The van der Waals surface area contributed by atoms with Crippen LogP contribution in [-0.2, 0) is 17.6 Å². The summed E-state index contributed by atoms with van der Waals surface area (Å²) in [5.41, 5.74) is 5.24. The number of unbranched alkanes of at least 4 members (excludes halogenated alkanes) is 10. The lowest BCUT2D eigenvalue weighted by Crippen LogP contribution is -1.82. The first-order chi connectivity index (χ1) is 21.2. The third-order valence-corrected chi connectivity index (χ3v) is 10.8. The Hall–Kier alpha value is -2.62. The molecule has 3 heteroatoms. The minimum absolute atomic E-state index is 1.16. The molecule has 4 rings (SSSR count). The monoisotopic (exact) mass is 612 g/mol. The fraction of sp³-hybridized carbons (Fsp3) is 0.450. The zero-order valence-corrected chi connectivity index (χ0v) is 28.7. The van der Waals surface area contributed by atoms with Crippen LogP contribution in [0.15, 0.2) is 60.9 Å². The minimum Gasteiger partial charge on any atom is -0.504 e. The first-order valence-corrected chi connectivity index (χ1v) is 18.4. The van der Waals surface area contributed by atoms with Crippen molar-refractivity contribution < 1.29 is 4.74 Å². The molecule has 0 fully saturated rings. The Kier molecular flexibility index (Phi) is 14.1. The van der Waals surface area contributed by atoms with Crippen molar-refractivity contribution in [1.29, 1.82) is 0 Å². The molecule has 2 heterocycles. The molecule has 0 amide bonds. The normalized spacial score (nSPS) is 11.9. The Morgan fingerprint density at radius 2 is 1.05 bits per heavy atom. The fourth-order valence-electron chi connectivity index (χ4n) is 5.87. The summed E-state index contributed by atoms with van der Waals surface area (Å²) in [6.45, 7) is 6.69. The number of aryl methyl sites for hydroxylation is 2. The fourth-order valence-corrected chi connectivity index (χ4v) is 8.24. The quantitative estimate of drug-likeness (QED) is 0.0756. The van der Waals surface area contributed by atoms with E-state index in [0.29, 0.717) is 0 Å². The standard InChI is InChI=1S/C40H52OS2/c1-5-8-10-12-14-16-19-37-29-33(18-7-3)39(42-37)34-23-21-32-28-35(24-22-31(32)27-34)40-36(25-26-41-4)30-38(43-40)20-17-15-13-11-9-6-2/h7,18,21-30H,5-6,8-17,19-20H2,1-4H3/b18-7+,26-25+. The van der Waals surface area contributed by atoms with Gasteiger partial charge >= 0.3 is 0 Å². The average Bonchev–Trinajstić information content (AvgIpc) is 3.63. The van der Waals surface area contributed by atoms with Crippen LogP contribution in [0, 0.1) is 0 Å². The van der Waals surface area contributed by atoms with Crippen LogP contribution in [0.5, 0.6) is 0 Å². The maximum absolute atomic E-state index is 5.30. The van der Waals surface area contributed by atoms with Crippen LogP contribution in [0.3, 0.4) is 0 Å². The van der Waals surface area contributed by atoms with Gasteiger partial charge in [0.1, 0.15) is 0 Å². The number of hydrogen-bond acceptors (Lipinski definition) is 3. The van der Waals surface area contributed by atoms with Crippen molar-refractivity contribution in [2.45, 2.75) is 111 Å². The molecule has 2 aromatic heterocycles. The zero-order chi connectivity index (χ0) is 30.3. The van der Waals surface area contributed by atoms with E-state index < -0.39 is 0 Å². The van der Waals surface area contributed by atoms with Crippen LogP contribution < -0.4 is 0 Å². The van der Waals surface area contributed by atoms with E-state index in [2.05, 4.69) is 87.5 Å². The first kappa shape index (κ1) is 33.3. The molecule has 0 aliphatic carbocycles. The second-order valence-corrected chi connectivity index (χ2v) is 14.1. The van der Waals surface area contributed by atoms with Crippen molar-refractivity contribution in [3.63, 3.8) is 0 Å². The van der Waals surface area contributed by atoms with Gasteiger partial charge in [0.2, 0.25) is 0 Å². The molecule has 0 saturated carbocycles. The van der Waals surface area contributed by atoms with Crippen LogP contribution in [-0.4, -0.2) is 7.11 Å². The summed E-state index contributed by atoms with van der Waals surface area (Å²) in [5, 5.41) is 2.60. The highest BCUT2D eigenvalue weighted by Gasteiger charge is 2.13. The second kappa shape index (κ2) is 18.2. The smallest absolute Gasteiger partial charge is 0.0831 e. The van der Waals surface area contributed by atoms with Gasteiger partial charge in [0.25, 0.3) is 0 Å². The Morgan fingerprint density at radius 1 is 0.581 bits per heavy atom. The number of thiophene rings is 2. The SMILES string of the molecule is C/C=C/c1cc(CCCCCCCC)sc1-c1ccc2cc(-c3sc(CCCCCCCC)cc3/C=C/OC)ccc2c1. The zero-order valence-electron chi connectivity index (χ0n) is 27.1. The van der Waals surface area contributed by atoms with Crippen molar-refractivity contribution >= 4 is 45.6 Å². The van der Waals surface area contributed by atoms with Crippen molar-refractivity contribution in [1.82, 2.24) is 0 Å². The largest absolute Gasteiger partial charge is 0.504 e. The van der Waals surface area contributed by atoms with Gasteiger partial charge in [-0.25, -0.2) is 0 Å². The van der Waals surface area contributed by atoms with Crippen LogP contribution in [0.1, 0.15) is 119 Å². The minimum atomic E-state index is 1.16. The first-order valence-electron chi connectivity index (χ1n) is 16.8. The highest BCUT2D eigenvalue weighted by molar-refractivity contribution is 7.16. The van der Waals surface area contributed by atoms with Crippen molar-refractivity contribution in [2.75, 3.05) is 7.11 Å². The maximum atomic E-state index is 5.30. The van der Waals surface area contributed by atoms with Gasteiger partial charge in [-0.1, -0.05) is 114 Å². The number of methoxy groups -OCH3 is 1. The molecule has 1 nitrogen and oxygen atoms in total. The lowest BCUT2D eigenvalue weighted by atomic mass is 10.0. The highest BCUT2D eigenvalue weighted by Crippen LogP contribution is 2.39. The van der Waals surface area contributed by atoms with Gasteiger partial charge in [0.05, 0.1) is 13.4 Å². The van der Waals surface area contributed by atoms with Gasteiger partial charge in [-0.15, -0.1) is 22.7 Å². The number of ether oxygens (including phenoxy) is 1. The Balaban J connectivity index is 1.51. The Labute approximate surface area is 269 Å². The Morgan fingerprint density at radius 3 is 1.51 bits per heavy atom. The lowest BCUT2D eigenvalue weighted by Gasteiger charge is -2.07. The van der Waals surface area contributed by atoms with E-state index in [4.69, 9.17) is 4.74 Å². The van der Waals surface area contributed by atoms with Gasteiger partial charge in [-0.3, -0.25) is 0 Å². The molecule has 4 aromatic rings. The molecule has 0 unspecified atom stereocenters. The third kappa shape index (κ3) is 9.95. The number of allylic oxidation sites excluding steroid dienone is 1. The molecule has 0 bridgehead atoms. The average molecular weight is 613 g/mol. The van der Waals surface area contributed by atoms with Gasteiger partial charge in [0.15, 0.2) is 0 Å². The van der Waals surface area contributed by atoms with E-state index in [1.54, 1.807) is 13.4 Å². The maximum Gasteiger partial charge on any atom is 0.0831 e. The van der Waals surface area contributed by atoms with Crippen LogP contribution >= 0.6 is 22.7 Å². The summed E-state index contributed by atoms with van der Waals surface area (Å²) in [4.78, 5) is 5.73. The summed E-state index contributed by atoms with van der Waals surface area (Å²) >= 11 is 3.93. The molecule has 0 aliphatic heterocycles. The second-order valence-electron chi connectivity index (χ2n) is 11.8. The third-order valence-electron chi connectivity index (χ3n) is 8.27. The van der Waals surface area contributed by atoms with E-state index in [1.807, 2.05) is 22.7 Å². The molecule has 0 N–H and O–H groups in total. The summed E-state index contributed by atoms with van der Waals surface area (Å²) in [5.74, 6) is 0. The molecule has 0 radical (unpaired) electrons. The number of rotatable bonds is 19. The van der Waals surface area contributed by atoms with E-state index in [1.165, 1.54) is 136 Å². The van der Waals surface area contributed by atoms with E-state index in [9.17, 15) is 0 Å². The molecular formula is C40H52OS2. The van der Waals surface area contributed by atoms with Crippen molar-refractivity contribution in [3.8, 4) is 20.9 Å². The van der Waals surface area contributed by atoms with E-state index in [0.717, 1.165) is 6.42 Å². The topological polar surface area (TPSA) is 9.23 Å². The molecule has 2 aromatic carbocycles. The summed E-state index contributed by atoms with van der Waals surface area (Å²) in [6.07, 6.45) is 26.8. The lowest BCUT2D eigenvalue weighted by molar-refractivity contribution is 0.341. The van der Waals surface area contributed by atoms with Gasteiger partial charge < -0.3 is 4.74 Å². The van der Waals surface area contributed by atoms with E-state index in [-0.39, 0.29) is 0 Å². The Bertz CT molecular complexity index is 1450. The molecule has 230 valence electrons. The number of benzene rings is 2. The molecular weight excluding hydrogens is 561 g/mol. The highest BCUT2D eigenvalue weighted by atomic mass is 32.1. The van der Waals surface area contributed by atoms with E-state index >= 15 is 0 Å². The van der Waals surface area contributed by atoms with Gasteiger partial charge in [-0.2, -0.15) is 0 Å². The molecule has 0 aliphatic rings.